The zero-order chi connectivity index (χ0) is 19.8. The van der Waals surface area contributed by atoms with Crippen LogP contribution in [0, 0.1) is 5.92 Å². The lowest BCUT2D eigenvalue weighted by Crippen LogP contribution is -2.31. The lowest BCUT2D eigenvalue weighted by molar-refractivity contribution is 0.0947. The van der Waals surface area contributed by atoms with Gasteiger partial charge >= 0.3 is 6.09 Å². The second kappa shape index (κ2) is 6.99. The molecule has 2 atom stereocenters. The molecular formula is C21H21N3O4. The molecule has 0 spiro atoms. The molecule has 2 aliphatic heterocycles. The van der Waals surface area contributed by atoms with E-state index in [1.807, 2.05) is 30.3 Å². The van der Waals surface area contributed by atoms with Gasteiger partial charge in [-0.05, 0) is 34.9 Å². The Balaban J connectivity index is 1.73. The monoisotopic (exact) mass is 379 g/mol. The van der Waals surface area contributed by atoms with Crippen LogP contribution >= 0.6 is 0 Å². The van der Waals surface area contributed by atoms with Crippen molar-refractivity contribution < 1.29 is 19.5 Å². The van der Waals surface area contributed by atoms with Crippen LogP contribution in [0.1, 0.15) is 32.2 Å². The van der Waals surface area contributed by atoms with E-state index in [1.54, 1.807) is 19.2 Å². The van der Waals surface area contributed by atoms with Gasteiger partial charge in [-0.15, -0.1) is 0 Å². The maximum Gasteiger partial charge on any atom is 0.407 e. The molecule has 1 saturated heterocycles. The molecule has 0 aromatic heterocycles. The van der Waals surface area contributed by atoms with E-state index in [1.165, 1.54) is 4.90 Å². The molecule has 2 aromatic rings. The van der Waals surface area contributed by atoms with Crippen LogP contribution in [-0.4, -0.2) is 54.6 Å². The molecule has 0 radical (unpaired) electrons. The van der Waals surface area contributed by atoms with Gasteiger partial charge in [-0.1, -0.05) is 24.3 Å². The average Bonchev–Trinajstić information content (AvgIpc) is 3.10. The van der Waals surface area contributed by atoms with Crippen molar-refractivity contribution in [3.8, 4) is 11.1 Å². The van der Waals surface area contributed by atoms with Crippen molar-refractivity contribution in [2.24, 2.45) is 5.92 Å². The first-order valence-electron chi connectivity index (χ1n) is 9.20. The van der Waals surface area contributed by atoms with Crippen molar-refractivity contribution >= 4 is 17.9 Å². The van der Waals surface area contributed by atoms with Crippen LogP contribution in [0.5, 0.6) is 0 Å². The third-order valence-electron chi connectivity index (χ3n) is 5.62. The van der Waals surface area contributed by atoms with Crippen LogP contribution in [0.2, 0.25) is 0 Å². The summed E-state index contributed by atoms with van der Waals surface area (Å²) in [6, 6.07) is 12.9. The Hall–Kier alpha value is -3.35. The second-order valence-electron chi connectivity index (χ2n) is 7.23. The van der Waals surface area contributed by atoms with Gasteiger partial charge in [-0.25, -0.2) is 4.79 Å². The molecule has 144 valence electrons. The van der Waals surface area contributed by atoms with Crippen molar-refractivity contribution in [2.45, 2.75) is 5.92 Å². The van der Waals surface area contributed by atoms with Crippen molar-refractivity contribution in [1.82, 2.24) is 15.5 Å². The van der Waals surface area contributed by atoms with Gasteiger partial charge in [0.25, 0.3) is 11.8 Å². The van der Waals surface area contributed by atoms with E-state index in [-0.39, 0.29) is 23.7 Å². The third-order valence-corrected chi connectivity index (χ3v) is 5.62. The van der Waals surface area contributed by atoms with Crippen LogP contribution < -0.4 is 10.6 Å². The summed E-state index contributed by atoms with van der Waals surface area (Å²) in [7, 11) is 1.58. The largest absolute Gasteiger partial charge is 0.465 e. The molecule has 2 unspecified atom stereocenters. The molecule has 3 N–H and O–H groups in total. The first kappa shape index (κ1) is 18.0. The van der Waals surface area contributed by atoms with Crippen molar-refractivity contribution in [1.29, 1.82) is 0 Å². The van der Waals surface area contributed by atoms with Crippen LogP contribution in [-0.2, 0) is 0 Å². The number of carbonyl (C=O) groups is 3. The lowest BCUT2D eigenvalue weighted by atomic mass is 9.86. The smallest absolute Gasteiger partial charge is 0.407 e. The van der Waals surface area contributed by atoms with Crippen LogP contribution in [0.3, 0.4) is 0 Å². The van der Waals surface area contributed by atoms with E-state index in [0.717, 1.165) is 16.7 Å². The Morgan fingerprint density at radius 1 is 1.14 bits per heavy atom. The standard InChI is InChI=1S/C21H21N3O4/c1-22-19(25)14-4-2-3-12(7-14)13-5-6-16-17(8-13)20(26)23-9-15-10-24(21(27)28)11-18(15)16/h2-8,15,18H,9-11H2,1H3,(H,22,25)(H,23,26)(H,27,28). The molecule has 2 heterocycles. The predicted octanol–water partition coefficient (Wildman–Crippen LogP) is 2.15. The lowest BCUT2D eigenvalue weighted by Gasteiger charge is -2.17. The molecule has 3 amide bonds. The molecule has 2 aromatic carbocycles. The summed E-state index contributed by atoms with van der Waals surface area (Å²) in [4.78, 5) is 37.3. The highest BCUT2D eigenvalue weighted by Crippen LogP contribution is 2.37. The molecule has 28 heavy (non-hydrogen) atoms. The summed E-state index contributed by atoms with van der Waals surface area (Å²) < 4.78 is 0. The van der Waals surface area contributed by atoms with E-state index in [4.69, 9.17) is 0 Å². The zero-order valence-corrected chi connectivity index (χ0v) is 15.4. The number of hydrogen-bond acceptors (Lipinski definition) is 3. The van der Waals surface area contributed by atoms with Gasteiger partial charge in [-0.2, -0.15) is 0 Å². The molecule has 7 nitrogen and oxygen atoms in total. The number of nitrogens with one attached hydrogen (secondary N) is 2. The van der Waals surface area contributed by atoms with Crippen LogP contribution in [0.4, 0.5) is 4.79 Å². The number of carboxylic acid groups (broad SMARTS) is 1. The zero-order valence-electron chi connectivity index (χ0n) is 15.4. The molecule has 2 aliphatic rings. The minimum atomic E-state index is -0.927. The molecule has 0 aliphatic carbocycles. The fourth-order valence-electron chi connectivity index (χ4n) is 4.15. The van der Waals surface area contributed by atoms with Gasteiger partial charge in [-0.3, -0.25) is 9.59 Å². The average molecular weight is 379 g/mol. The van der Waals surface area contributed by atoms with Crippen LogP contribution in [0.25, 0.3) is 11.1 Å². The van der Waals surface area contributed by atoms with E-state index in [9.17, 15) is 19.5 Å². The van der Waals surface area contributed by atoms with E-state index >= 15 is 0 Å². The molecule has 0 bridgehead atoms. The quantitative estimate of drug-likeness (QED) is 0.745. The molecule has 1 fully saturated rings. The Labute approximate surface area is 162 Å². The van der Waals surface area contributed by atoms with Gasteiger partial charge in [0.1, 0.15) is 0 Å². The second-order valence-corrected chi connectivity index (χ2v) is 7.23. The van der Waals surface area contributed by atoms with Crippen molar-refractivity contribution in [3.63, 3.8) is 0 Å². The number of benzene rings is 2. The Morgan fingerprint density at radius 3 is 2.68 bits per heavy atom. The number of rotatable bonds is 2. The highest BCUT2D eigenvalue weighted by Gasteiger charge is 2.39. The number of amides is 3. The normalized spacial score (nSPS) is 20.6. The first-order chi connectivity index (χ1) is 13.5. The SMILES string of the molecule is CNC(=O)c1cccc(-c2ccc3c(c2)C(=O)NCC2CN(C(=O)O)CC32)c1. The number of carbonyl (C=O) groups excluding carboxylic acids is 2. The number of hydrogen-bond donors (Lipinski definition) is 3. The van der Waals surface area contributed by atoms with Gasteiger partial charge in [0.05, 0.1) is 0 Å². The summed E-state index contributed by atoms with van der Waals surface area (Å²) in [5.41, 5.74) is 3.69. The minimum absolute atomic E-state index is 0.00342. The molecule has 4 rings (SSSR count). The number of nitrogens with zero attached hydrogens (tertiary/aromatic N) is 1. The van der Waals surface area contributed by atoms with E-state index in [0.29, 0.717) is 30.8 Å². The van der Waals surface area contributed by atoms with Gasteiger partial charge in [0.2, 0.25) is 0 Å². The van der Waals surface area contributed by atoms with Crippen LogP contribution in [0.15, 0.2) is 42.5 Å². The Kier molecular flexibility index (Phi) is 4.50. The summed E-state index contributed by atoms with van der Waals surface area (Å²) in [5.74, 6) is -0.243. The highest BCUT2D eigenvalue weighted by atomic mass is 16.4. The first-order valence-corrected chi connectivity index (χ1v) is 9.20. The van der Waals surface area contributed by atoms with E-state index in [2.05, 4.69) is 10.6 Å². The maximum absolute atomic E-state index is 12.7. The molecular weight excluding hydrogens is 358 g/mol. The topological polar surface area (TPSA) is 98.7 Å². The minimum Gasteiger partial charge on any atom is -0.465 e. The number of fused-ring (bicyclic) bond motifs is 3. The fourth-order valence-corrected chi connectivity index (χ4v) is 4.15. The number of likely N-dealkylation sites (tertiary alicyclic amines) is 1. The highest BCUT2D eigenvalue weighted by molar-refractivity contribution is 5.98. The van der Waals surface area contributed by atoms with E-state index < -0.39 is 6.09 Å². The summed E-state index contributed by atoms with van der Waals surface area (Å²) >= 11 is 0. The van der Waals surface area contributed by atoms with Crippen molar-refractivity contribution in [2.75, 3.05) is 26.7 Å². The third kappa shape index (κ3) is 3.09. The Bertz CT molecular complexity index is 972. The maximum atomic E-state index is 12.7. The predicted molar refractivity (Wildman–Crippen MR) is 103 cm³/mol. The Morgan fingerprint density at radius 2 is 1.93 bits per heavy atom. The van der Waals surface area contributed by atoms with Gasteiger partial charge in [0.15, 0.2) is 0 Å². The van der Waals surface area contributed by atoms with Crippen molar-refractivity contribution in [3.05, 3.63) is 59.2 Å². The van der Waals surface area contributed by atoms with Gasteiger partial charge < -0.3 is 20.6 Å². The fraction of sp³-hybridized carbons (Fsp3) is 0.286. The summed E-state index contributed by atoms with van der Waals surface area (Å²) in [5, 5.41) is 14.9. The molecule has 0 saturated carbocycles. The van der Waals surface area contributed by atoms with Gasteiger partial charge in [0, 0.05) is 49.6 Å². The summed E-state index contributed by atoms with van der Waals surface area (Å²) in [6.07, 6.45) is -0.927. The summed E-state index contributed by atoms with van der Waals surface area (Å²) in [6.45, 7) is 1.28. The molecule has 7 heteroatoms.